The first-order valence-corrected chi connectivity index (χ1v) is 8.68. The molecule has 1 aliphatic rings. The summed E-state index contributed by atoms with van der Waals surface area (Å²) in [4.78, 5) is 36.5. The number of Topliss-reactive ketones (excluding diaryl/α,β-unsaturated/α-hetero) is 1. The summed E-state index contributed by atoms with van der Waals surface area (Å²) < 4.78 is 46.2. The lowest BCUT2D eigenvalue weighted by Crippen LogP contribution is -2.51. The van der Waals surface area contributed by atoms with Gasteiger partial charge >= 0.3 is 6.18 Å². The minimum atomic E-state index is -4.81. The average Bonchev–Trinajstić information content (AvgIpc) is 2.82. The monoisotopic (exact) mass is 406 g/mol. The smallest absolute Gasteiger partial charge is 0.409 e. The van der Waals surface area contributed by atoms with Crippen LogP contribution in [0.5, 0.6) is 5.75 Å². The molecule has 3 rings (SSSR count). The number of carbonyl (C=O) groups excluding carboxylic acids is 3. The lowest BCUT2D eigenvalue weighted by molar-refractivity contribution is -0.158. The van der Waals surface area contributed by atoms with Crippen LogP contribution in [0.4, 0.5) is 24.5 Å². The van der Waals surface area contributed by atoms with Crippen LogP contribution in [-0.4, -0.2) is 36.4 Å². The number of nitrogens with one attached hydrogen (secondary N) is 1. The van der Waals surface area contributed by atoms with Gasteiger partial charge in [0, 0.05) is 5.56 Å². The number of carbonyl (C=O) groups is 3. The third-order valence-electron chi connectivity index (χ3n) is 4.40. The number of hydrogen-bond donors (Lipinski definition) is 1. The van der Waals surface area contributed by atoms with E-state index in [1.54, 1.807) is 6.07 Å². The molecule has 0 radical (unpaired) electrons. The first-order valence-electron chi connectivity index (χ1n) is 8.68. The molecule has 1 aliphatic heterocycles. The minimum Gasteiger partial charge on any atom is -0.484 e. The molecule has 1 N–H and O–H groups in total. The van der Waals surface area contributed by atoms with Gasteiger partial charge in [0.15, 0.2) is 12.4 Å². The number of ketones is 1. The second kappa shape index (κ2) is 7.94. The highest BCUT2D eigenvalue weighted by Crippen LogP contribution is 2.37. The largest absolute Gasteiger partial charge is 0.484 e. The van der Waals surface area contributed by atoms with E-state index >= 15 is 0 Å². The van der Waals surface area contributed by atoms with Gasteiger partial charge in [-0.05, 0) is 43.3 Å². The van der Waals surface area contributed by atoms with Crippen molar-refractivity contribution in [2.45, 2.75) is 25.6 Å². The number of para-hydroxylation sites is 2. The van der Waals surface area contributed by atoms with Crippen molar-refractivity contribution in [2.75, 3.05) is 16.8 Å². The minimum absolute atomic E-state index is 0.0544. The molecule has 6 nitrogen and oxygen atoms in total. The number of hydrogen-bond acceptors (Lipinski definition) is 4. The van der Waals surface area contributed by atoms with E-state index in [-0.39, 0.29) is 22.9 Å². The lowest BCUT2D eigenvalue weighted by atomic mass is 10.1. The summed E-state index contributed by atoms with van der Waals surface area (Å²) in [6, 6.07) is 9.34. The molecule has 0 saturated carbocycles. The van der Waals surface area contributed by atoms with Crippen LogP contribution in [0.3, 0.4) is 0 Å². The number of ether oxygens (including phenoxy) is 1. The van der Waals surface area contributed by atoms with Crippen molar-refractivity contribution in [3.05, 3.63) is 54.1 Å². The highest BCUT2D eigenvalue weighted by atomic mass is 19.4. The average molecular weight is 406 g/mol. The van der Waals surface area contributed by atoms with Gasteiger partial charge in [-0.25, -0.2) is 0 Å². The van der Waals surface area contributed by atoms with Gasteiger partial charge in [-0.15, -0.1) is 0 Å². The molecule has 0 aliphatic carbocycles. The summed E-state index contributed by atoms with van der Waals surface area (Å²) in [5, 5.41) is 2.39. The second-order valence-corrected chi connectivity index (χ2v) is 6.46. The van der Waals surface area contributed by atoms with Gasteiger partial charge in [0.25, 0.3) is 5.91 Å². The van der Waals surface area contributed by atoms with E-state index < -0.39 is 37.1 Å². The van der Waals surface area contributed by atoms with Crippen LogP contribution in [0.25, 0.3) is 0 Å². The fourth-order valence-corrected chi connectivity index (χ4v) is 3.00. The Labute approximate surface area is 164 Å². The maximum atomic E-state index is 13.6. The summed E-state index contributed by atoms with van der Waals surface area (Å²) in [5.41, 5.74) is 0.497. The van der Waals surface area contributed by atoms with Crippen molar-refractivity contribution in [1.29, 1.82) is 0 Å². The second-order valence-electron chi connectivity index (χ2n) is 6.46. The van der Waals surface area contributed by atoms with E-state index in [9.17, 15) is 27.6 Å². The van der Waals surface area contributed by atoms with Gasteiger partial charge in [-0.1, -0.05) is 12.1 Å². The lowest BCUT2D eigenvalue weighted by Gasteiger charge is -2.31. The van der Waals surface area contributed by atoms with Crippen LogP contribution in [0, 0.1) is 0 Å². The molecule has 1 atom stereocenters. The maximum Gasteiger partial charge on any atom is 0.409 e. The summed E-state index contributed by atoms with van der Waals surface area (Å²) in [6.07, 6.45) is -5.73. The number of halogens is 3. The van der Waals surface area contributed by atoms with Gasteiger partial charge in [0.1, 0.15) is 11.8 Å². The van der Waals surface area contributed by atoms with Crippen molar-refractivity contribution in [1.82, 2.24) is 0 Å². The molecule has 29 heavy (non-hydrogen) atoms. The quantitative estimate of drug-likeness (QED) is 0.788. The number of benzene rings is 2. The number of alkyl halides is 3. The topological polar surface area (TPSA) is 75.7 Å². The standard InChI is InChI=1S/C20H17F3N2O4/c1-12(26)13-6-8-14(9-7-13)29-11-19(28)25-16-5-3-2-4-15(16)24-18(27)10-17(25)20(21,22)23/h2-9,17H,10-11H2,1H3,(H,24,27). The van der Waals surface area contributed by atoms with Crippen LogP contribution < -0.4 is 15.0 Å². The van der Waals surface area contributed by atoms with E-state index in [4.69, 9.17) is 4.74 Å². The van der Waals surface area contributed by atoms with Gasteiger partial charge in [0.2, 0.25) is 5.91 Å². The van der Waals surface area contributed by atoms with Gasteiger partial charge in [-0.2, -0.15) is 13.2 Å². The first-order chi connectivity index (χ1) is 13.7. The summed E-state index contributed by atoms with van der Waals surface area (Å²) >= 11 is 0. The molecule has 0 bridgehead atoms. The molecular weight excluding hydrogens is 389 g/mol. The molecule has 2 aromatic rings. The summed E-state index contributed by atoms with van der Waals surface area (Å²) in [7, 11) is 0. The SMILES string of the molecule is CC(=O)c1ccc(OCC(=O)N2c3ccccc3NC(=O)CC2C(F)(F)F)cc1. The van der Waals surface area contributed by atoms with Crippen molar-refractivity contribution >= 4 is 29.0 Å². The Kier molecular flexibility index (Phi) is 5.58. The van der Waals surface area contributed by atoms with Crippen molar-refractivity contribution in [2.24, 2.45) is 0 Å². The molecule has 2 aromatic carbocycles. The molecule has 1 heterocycles. The molecule has 152 valence electrons. The predicted octanol–water partition coefficient (Wildman–Crippen LogP) is 3.57. The fraction of sp³-hybridized carbons (Fsp3) is 0.250. The number of anilines is 2. The van der Waals surface area contributed by atoms with Crippen LogP contribution in [-0.2, 0) is 9.59 Å². The molecule has 1 unspecified atom stereocenters. The zero-order valence-corrected chi connectivity index (χ0v) is 15.3. The Bertz CT molecular complexity index is 941. The molecule has 0 saturated heterocycles. The Morgan fingerprint density at radius 3 is 2.41 bits per heavy atom. The van der Waals surface area contributed by atoms with E-state index in [0.717, 1.165) is 0 Å². The van der Waals surface area contributed by atoms with Crippen LogP contribution >= 0.6 is 0 Å². The third-order valence-corrected chi connectivity index (χ3v) is 4.40. The number of nitrogens with zero attached hydrogens (tertiary/aromatic N) is 1. The number of amides is 2. The molecule has 0 spiro atoms. The van der Waals surface area contributed by atoms with E-state index in [0.29, 0.717) is 10.5 Å². The first kappa shape index (κ1) is 20.4. The highest BCUT2D eigenvalue weighted by molar-refractivity contribution is 6.05. The van der Waals surface area contributed by atoms with Crippen LogP contribution in [0.1, 0.15) is 23.7 Å². The van der Waals surface area contributed by atoms with E-state index in [2.05, 4.69) is 5.32 Å². The summed E-state index contributed by atoms with van der Waals surface area (Å²) in [6.45, 7) is 0.720. The predicted molar refractivity (Wildman–Crippen MR) is 99.0 cm³/mol. The number of fused-ring (bicyclic) bond motifs is 1. The third kappa shape index (κ3) is 4.56. The zero-order valence-electron chi connectivity index (χ0n) is 15.3. The van der Waals surface area contributed by atoms with Gasteiger partial charge in [-0.3, -0.25) is 19.3 Å². The molecule has 0 aromatic heterocycles. The van der Waals surface area contributed by atoms with Crippen LogP contribution in [0.15, 0.2) is 48.5 Å². The van der Waals surface area contributed by atoms with E-state index in [1.165, 1.54) is 49.4 Å². The molecule has 2 amide bonds. The molecule has 0 fully saturated rings. The Morgan fingerprint density at radius 1 is 1.14 bits per heavy atom. The van der Waals surface area contributed by atoms with Gasteiger partial charge < -0.3 is 10.1 Å². The Hall–Kier alpha value is -3.36. The molecule has 9 heteroatoms. The normalized spacial score (nSPS) is 16.5. The van der Waals surface area contributed by atoms with Crippen molar-refractivity contribution in [3.8, 4) is 5.75 Å². The highest BCUT2D eigenvalue weighted by Gasteiger charge is 2.49. The maximum absolute atomic E-state index is 13.6. The van der Waals surface area contributed by atoms with E-state index in [1.807, 2.05) is 0 Å². The fourth-order valence-electron chi connectivity index (χ4n) is 3.00. The Balaban J connectivity index is 1.87. The Morgan fingerprint density at radius 2 is 1.79 bits per heavy atom. The van der Waals surface area contributed by atoms with Gasteiger partial charge in [0.05, 0.1) is 17.8 Å². The summed E-state index contributed by atoms with van der Waals surface area (Å²) in [5.74, 6) is -1.72. The van der Waals surface area contributed by atoms with Crippen molar-refractivity contribution < 1.29 is 32.3 Å². The zero-order chi connectivity index (χ0) is 21.2. The molecular formula is C20H17F3N2O4. The van der Waals surface area contributed by atoms with Crippen molar-refractivity contribution in [3.63, 3.8) is 0 Å². The van der Waals surface area contributed by atoms with Crippen LogP contribution in [0.2, 0.25) is 0 Å². The number of rotatable bonds is 4.